The molecule has 2 aromatic heterocycles. The molecule has 0 unspecified atom stereocenters. The largest absolute Gasteiger partial charge is 0.455 e. The molecule has 2 heterocycles. The SMILES string of the molecule is c1ccc(N(c2ccc(-c3ccc4oc5c(-c6ccc(-c7ccc8c9ccccc9n(-c9ccccc9)c8c7)cc6)cccc5c4c3)cc2)c2ccc3ccccc3c2)cc1. The van der Waals surface area contributed by atoms with E-state index >= 15 is 0 Å². The van der Waals surface area contributed by atoms with E-state index in [9.17, 15) is 0 Å². The van der Waals surface area contributed by atoms with E-state index in [2.05, 4.69) is 240 Å². The van der Waals surface area contributed by atoms with Gasteiger partial charge in [-0.05, 0) is 111 Å². The van der Waals surface area contributed by atoms with Crippen LogP contribution in [0.3, 0.4) is 0 Å². The van der Waals surface area contributed by atoms with Crippen LogP contribution in [-0.2, 0) is 0 Å². The maximum absolute atomic E-state index is 6.65. The molecule has 0 aliphatic heterocycles. The summed E-state index contributed by atoms with van der Waals surface area (Å²) in [5.74, 6) is 0. The van der Waals surface area contributed by atoms with Crippen molar-refractivity contribution in [1.29, 1.82) is 0 Å². The van der Waals surface area contributed by atoms with Crippen LogP contribution >= 0.6 is 0 Å². The Kier molecular flexibility index (Phi) is 8.17. The number of furan rings is 1. The Morgan fingerprint density at radius 1 is 0.328 bits per heavy atom. The van der Waals surface area contributed by atoms with Crippen molar-refractivity contribution in [3.8, 4) is 39.1 Å². The lowest BCUT2D eigenvalue weighted by atomic mass is 9.97. The second-order valence-electron chi connectivity index (χ2n) is 15.7. The molecule has 0 saturated heterocycles. The minimum absolute atomic E-state index is 0.883. The van der Waals surface area contributed by atoms with Crippen LogP contribution in [0.25, 0.3) is 93.6 Å². The molecule has 0 saturated carbocycles. The quantitative estimate of drug-likeness (QED) is 0.161. The Morgan fingerprint density at radius 2 is 0.918 bits per heavy atom. The van der Waals surface area contributed by atoms with E-state index < -0.39 is 0 Å². The number of benzene rings is 10. The molecule has 0 aliphatic rings. The predicted molar refractivity (Wildman–Crippen MR) is 257 cm³/mol. The average molecular weight is 779 g/mol. The Balaban J connectivity index is 0.870. The highest BCUT2D eigenvalue weighted by Gasteiger charge is 2.17. The summed E-state index contributed by atoms with van der Waals surface area (Å²) in [4.78, 5) is 2.32. The highest BCUT2D eigenvalue weighted by Crippen LogP contribution is 2.41. The van der Waals surface area contributed by atoms with Crippen LogP contribution in [0, 0.1) is 0 Å². The van der Waals surface area contributed by atoms with Gasteiger partial charge in [-0.2, -0.15) is 0 Å². The van der Waals surface area contributed by atoms with Gasteiger partial charge in [0.2, 0.25) is 0 Å². The normalized spacial score (nSPS) is 11.6. The Labute approximate surface area is 353 Å². The molecule has 0 fully saturated rings. The number of aromatic nitrogens is 1. The molecule has 0 bridgehead atoms. The van der Waals surface area contributed by atoms with Crippen molar-refractivity contribution in [2.75, 3.05) is 4.90 Å². The molecular weight excluding hydrogens is 741 g/mol. The molecule has 0 amide bonds. The van der Waals surface area contributed by atoms with Gasteiger partial charge < -0.3 is 13.9 Å². The molecule has 0 spiro atoms. The summed E-state index contributed by atoms with van der Waals surface area (Å²) >= 11 is 0. The van der Waals surface area contributed by atoms with E-state index in [1.807, 2.05) is 0 Å². The molecule has 3 nitrogen and oxygen atoms in total. The van der Waals surface area contributed by atoms with Crippen molar-refractivity contribution in [2.45, 2.75) is 0 Å². The van der Waals surface area contributed by atoms with Crippen LogP contribution in [0.2, 0.25) is 0 Å². The number of para-hydroxylation sites is 4. The number of nitrogens with zero attached hydrogens (tertiary/aromatic N) is 2. The molecule has 0 aliphatic carbocycles. The first kappa shape index (κ1) is 34.9. The minimum Gasteiger partial charge on any atom is -0.455 e. The maximum Gasteiger partial charge on any atom is 0.143 e. The molecule has 0 N–H and O–H groups in total. The van der Waals surface area contributed by atoms with Crippen LogP contribution < -0.4 is 4.90 Å². The molecular formula is C58H38N2O. The van der Waals surface area contributed by atoms with Gasteiger partial charge in [-0.1, -0.05) is 158 Å². The van der Waals surface area contributed by atoms with E-state index in [1.165, 1.54) is 43.7 Å². The second kappa shape index (κ2) is 14.3. The van der Waals surface area contributed by atoms with E-state index in [0.29, 0.717) is 0 Å². The molecule has 61 heavy (non-hydrogen) atoms. The highest BCUT2D eigenvalue weighted by molar-refractivity contribution is 6.12. The first-order chi connectivity index (χ1) is 30.2. The zero-order valence-corrected chi connectivity index (χ0v) is 33.2. The number of hydrogen-bond acceptors (Lipinski definition) is 2. The van der Waals surface area contributed by atoms with E-state index in [1.54, 1.807) is 0 Å². The summed E-state index contributed by atoms with van der Waals surface area (Å²) in [6, 6.07) is 82.7. The third-order valence-electron chi connectivity index (χ3n) is 12.2. The minimum atomic E-state index is 0.883. The van der Waals surface area contributed by atoms with Crippen molar-refractivity contribution < 1.29 is 4.42 Å². The topological polar surface area (TPSA) is 21.3 Å². The maximum atomic E-state index is 6.65. The Morgan fingerprint density at radius 3 is 1.74 bits per heavy atom. The fourth-order valence-corrected chi connectivity index (χ4v) is 9.20. The summed E-state index contributed by atoms with van der Waals surface area (Å²) in [7, 11) is 0. The molecule has 0 radical (unpaired) electrons. The van der Waals surface area contributed by atoms with Crippen molar-refractivity contribution in [3.05, 3.63) is 231 Å². The lowest BCUT2D eigenvalue weighted by Crippen LogP contribution is -2.09. The van der Waals surface area contributed by atoms with Gasteiger partial charge in [0, 0.05) is 49.9 Å². The molecule has 10 aromatic carbocycles. The zero-order chi connectivity index (χ0) is 40.3. The first-order valence-corrected chi connectivity index (χ1v) is 20.8. The fraction of sp³-hybridized carbons (Fsp3) is 0. The van der Waals surface area contributed by atoms with Crippen LogP contribution in [0.4, 0.5) is 17.1 Å². The second-order valence-corrected chi connectivity index (χ2v) is 15.7. The predicted octanol–water partition coefficient (Wildman–Crippen LogP) is 16.3. The van der Waals surface area contributed by atoms with Crippen molar-refractivity contribution in [2.24, 2.45) is 0 Å². The van der Waals surface area contributed by atoms with Crippen LogP contribution in [0.15, 0.2) is 235 Å². The van der Waals surface area contributed by atoms with Gasteiger partial charge in [-0.25, -0.2) is 0 Å². The van der Waals surface area contributed by atoms with E-state index in [0.717, 1.165) is 66.9 Å². The van der Waals surface area contributed by atoms with E-state index in [-0.39, 0.29) is 0 Å². The fourth-order valence-electron chi connectivity index (χ4n) is 9.20. The van der Waals surface area contributed by atoms with Gasteiger partial charge in [-0.15, -0.1) is 0 Å². The van der Waals surface area contributed by atoms with Crippen molar-refractivity contribution in [3.63, 3.8) is 0 Å². The average Bonchev–Trinajstić information content (AvgIpc) is 3.88. The van der Waals surface area contributed by atoms with Crippen LogP contribution in [0.5, 0.6) is 0 Å². The third-order valence-corrected chi connectivity index (χ3v) is 12.2. The van der Waals surface area contributed by atoms with Crippen molar-refractivity contribution >= 4 is 71.6 Å². The van der Waals surface area contributed by atoms with E-state index in [4.69, 9.17) is 4.42 Å². The number of anilines is 3. The lowest BCUT2D eigenvalue weighted by molar-refractivity contribution is 0.670. The highest BCUT2D eigenvalue weighted by atomic mass is 16.3. The summed E-state index contributed by atoms with van der Waals surface area (Å²) < 4.78 is 9.02. The summed E-state index contributed by atoms with van der Waals surface area (Å²) in [6.45, 7) is 0. The van der Waals surface area contributed by atoms with Gasteiger partial charge in [0.05, 0.1) is 11.0 Å². The smallest absolute Gasteiger partial charge is 0.143 e. The van der Waals surface area contributed by atoms with Crippen LogP contribution in [-0.4, -0.2) is 4.57 Å². The first-order valence-electron chi connectivity index (χ1n) is 20.8. The third kappa shape index (κ3) is 5.98. The lowest BCUT2D eigenvalue weighted by Gasteiger charge is -2.26. The standard InChI is InChI=1S/C58H38N2O/c1-3-14-46(15-4-1)59(49-33-28-39-12-7-8-13-43(39)36-49)48-31-26-41(27-32-48)44-30-35-57-54(37-44)53-20-11-19-50(58(53)61-57)42-24-22-40(23-25-42)45-29-34-52-51-18-9-10-21-55(51)60(56(52)38-45)47-16-5-2-6-17-47/h1-38H. The summed E-state index contributed by atoms with van der Waals surface area (Å²) in [5, 5.41) is 7.19. The summed E-state index contributed by atoms with van der Waals surface area (Å²) in [5.41, 5.74) is 15.6. The molecule has 12 rings (SSSR count). The van der Waals surface area contributed by atoms with Gasteiger partial charge >= 0.3 is 0 Å². The zero-order valence-electron chi connectivity index (χ0n) is 33.2. The van der Waals surface area contributed by atoms with Gasteiger partial charge in [0.1, 0.15) is 11.2 Å². The van der Waals surface area contributed by atoms with Crippen molar-refractivity contribution in [1.82, 2.24) is 4.57 Å². The monoisotopic (exact) mass is 778 g/mol. The Bertz CT molecular complexity index is 3560. The van der Waals surface area contributed by atoms with Gasteiger partial charge in [0.15, 0.2) is 0 Å². The number of rotatable bonds is 7. The number of hydrogen-bond donors (Lipinski definition) is 0. The van der Waals surface area contributed by atoms with Gasteiger partial charge in [-0.3, -0.25) is 0 Å². The Hall–Kier alpha value is -8.14. The van der Waals surface area contributed by atoms with Gasteiger partial charge in [0.25, 0.3) is 0 Å². The molecule has 3 heteroatoms. The molecule has 12 aromatic rings. The number of fused-ring (bicyclic) bond motifs is 7. The molecule has 0 atom stereocenters. The van der Waals surface area contributed by atoms with Crippen LogP contribution in [0.1, 0.15) is 0 Å². The summed E-state index contributed by atoms with van der Waals surface area (Å²) in [6.07, 6.45) is 0. The molecule has 286 valence electrons.